The average Bonchev–Trinajstić information content (AvgIpc) is 2.92. The van der Waals surface area contributed by atoms with Crippen LogP contribution in [0.5, 0.6) is 23.0 Å². The normalized spacial score (nSPS) is 11.8. The Morgan fingerprint density at radius 1 is 0.500 bits per heavy atom. The molecule has 4 rings (SSSR count). The molecule has 206 valence electrons. The van der Waals surface area contributed by atoms with Crippen LogP contribution in [0.25, 0.3) is 0 Å². The van der Waals surface area contributed by atoms with Crippen molar-refractivity contribution in [3.05, 3.63) is 108 Å². The summed E-state index contributed by atoms with van der Waals surface area (Å²) in [5.74, 6) is 0.674. The fraction of sp³-hybridized carbons (Fsp3) is 0.0714. The number of hydrogen-bond acceptors (Lipinski definition) is 5. The molecule has 0 aliphatic heterocycles. The highest BCUT2D eigenvalue weighted by molar-refractivity contribution is 7.91. The Kier molecular flexibility index (Phi) is 9.87. The van der Waals surface area contributed by atoms with E-state index in [1.807, 2.05) is 0 Å². The highest BCUT2D eigenvalue weighted by Crippen LogP contribution is 2.33. The van der Waals surface area contributed by atoms with Crippen LogP contribution < -0.4 is 9.47 Å². The Bertz CT molecular complexity index is 1370. The number of alkyl halides is 6. The molecule has 5 nitrogen and oxygen atoms in total. The van der Waals surface area contributed by atoms with E-state index in [0.29, 0.717) is 32.8 Å². The number of hydrogen-bond donors (Lipinski definition) is 0. The van der Waals surface area contributed by atoms with Gasteiger partial charge in [0.15, 0.2) is 9.79 Å². The van der Waals surface area contributed by atoms with Gasteiger partial charge in [0.05, 0.1) is 0 Å². The molecule has 0 spiro atoms. The molecule has 0 saturated carbocycles. The van der Waals surface area contributed by atoms with Gasteiger partial charge in [-0.25, -0.2) is 0 Å². The molecule has 4 aromatic rings. The Balaban J connectivity index is 1.36. The van der Waals surface area contributed by atoms with E-state index in [2.05, 4.69) is 0 Å². The van der Waals surface area contributed by atoms with Crippen LogP contribution in [0, 0.1) is 0 Å². The second-order valence-electron chi connectivity index (χ2n) is 8.12. The molecule has 0 aliphatic rings. The van der Waals surface area contributed by atoms with Crippen molar-refractivity contribution in [1.82, 2.24) is 0 Å². The van der Waals surface area contributed by atoms with Crippen molar-refractivity contribution in [3.8, 4) is 23.0 Å². The van der Waals surface area contributed by atoms with Gasteiger partial charge < -0.3 is 14.0 Å². The predicted molar refractivity (Wildman–Crippen MR) is 160 cm³/mol. The van der Waals surface area contributed by atoms with Crippen LogP contribution in [0.2, 0.25) is 0 Å². The summed E-state index contributed by atoms with van der Waals surface area (Å²) in [6.07, 6.45) is 0. The van der Waals surface area contributed by atoms with E-state index in [9.17, 15) is 14.1 Å². The molecule has 0 heterocycles. The van der Waals surface area contributed by atoms with Crippen molar-refractivity contribution in [1.29, 1.82) is 0 Å². The molecule has 4 aromatic carbocycles. The summed E-state index contributed by atoms with van der Waals surface area (Å²) < 4.78 is 20.5. The smallest absolute Gasteiger partial charge is 0.253 e. The van der Waals surface area contributed by atoms with Gasteiger partial charge in [-0.3, -0.25) is 9.59 Å². The van der Waals surface area contributed by atoms with E-state index in [1.54, 1.807) is 72.8 Å². The minimum absolute atomic E-state index is 0.237. The lowest BCUT2D eigenvalue weighted by Crippen LogP contribution is -2.18. The average molecular weight is 677 g/mol. The van der Waals surface area contributed by atoms with Crippen LogP contribution >= 0.6 is 69.6 Å². The molecule has 12 heteroatoms. The number of rotatable bonds is 8. The van der Waals surface area contributed by atoms with Gasteiger partial charge in [0.25, 0.3) is 7.59 Å². The first-order valence-electron chi connectivity index (χ1n) is 11.2. The van der Waals surface area contributed by atoms with Crippen molar-refractivity contribution >= 4 is 92.3 Å². The largest absolute Gasteiger partial charge is 0.606 e. The molecule has 0 N–H and O–H groups in total. The van der Waals surface area contributed by atoms with Crippen molar-refractivity contribution in [3.63, 3.8) is 0 Å². The molecule has 0 radical (unpaired) electrons. The standard InChI is InChI=1S/C28H16Cl6O5S/c29-27(30,31)25(35)17-1-5-19(6-2-17)38-21-9-13-23(14-10-21)40(37)24-15-11-22(12-16-24)39-20-7-3-18(4-8-20)26(36)28(32,33)34/h1-16H. The maximum atomic E-state index is 13.1. The molecular formula is C28H16Cl6O5S. The zero-order chi connectivity index (χ0) is 29.1. The van der Waals surface area contributed by atoms with E-state index in [-0.39, 0.29) is 11.1 Å². The third kappa shape index (κ3) is 7.99. The molecule has 40 heavy (non-hydrogen) atoms. The van der Waals surface area contributed by atoms with Crippen LogP contribution in [0.15, 0.2) is 107 Å². The number of carbonyl (C=O) groups excluding carboxylic acids is 2. The molecule has 0 fully saturated rings. The fourth-order valence-electron chi connectivity index (χ4n) is 3.35. The molecule has 0 atom stereocenters. The number of ketones is 2. The fourth-order valence-corrected chi connectivity index (χ4v) is 5.04. The zero-order valence-corrected chi connectivity index (χ0v) is 25.3. The molecule has 0 saturated heterocycles. The second-order valence-corrected chi connectivity index (χ2v) is 14.2. The lowest BCUT2D eigenvalue weighted by molar-refractivity contribution is 0.0988. The second kappa shape index (κ2) is 12.8. The van der Waals surface area contributed by atoms with Crippen molar-refractivity contribution < 1.29 is 23.6 Å². The summed E-state index contributed by atoms with van der Waals surface area (Å²) in [6, 6.07) is 25.8. The molecule has 0 aromatic heterocycles. The van der Waals surface area contributed by atoms with Gasteiger partial charge in [0, 0.05) is 22.3 Å². The number of benzene rings is 4. The zero-order valence-electron chi connectivity index (χ0n) is 20.0. The summed E-state index contributed by atoms with van der Waals surface area (Å²) in [5, 5.41) is 0. The van der Waals surface area contributed by atoms with Gasteiger partial charge in [-0.1, -0.05) is 69.6 Å². The van der Waals surface area contributed by atoms with Crippen LogP contribution in [-0.2, 0) is 11.2 Å². The number of halogens is 6. The SMILES string of the molecule is O=C(c1ccc(Oc2ccc([S+]([O-])c3ccc(Oc4ccc(C(=O)C(Cl)(Cl)Cl)cc4)cc3)cc2)cc1)C(Cl)(Cl)Cl. The van der Waals surface area contributed by atoms with Crippen molar-refractivity contribution in [2.75, 3.05) is 0 Å². The number of Topliss-reactive ketones (excluding diaryl/α,β-unsaturated/α-hetero) is 2. The van der Waals surface area contributed by atoms with E-state index in [4.69, 9.17) is 79.1 Å². The third-order valence-electron chi connectivity index (χ3n) is 5.29. The van der Waals surface area contributed by atoms with E-state index >= 15 is 0 Å². The van der Waals surface area contributed by atoms with Gasteiger partial charge in [-0.15, -0.1) is 0 Å². The Morgan fingerprint density at radius 2 is 0.750 bits per heavy atom. The lowest BCUT2D eigenvalue weighted by atomic mass is 10.1. The first-order chi connectivity index (χ1) is 18.8. The Labute approximate surface area is 263 Å². The minimum atomic E-state index is -2.04. The van der Waals surface area contributed by atoms with E-state index < -0.39 is 30.3 Å². The predicted octanol–water partition coefficient (Wildman–Crippen LogP) is 9.54. The number of ether oxygens (including phenoxy) is 2. The Morgan fingerprint density at radius 3 is 1.00 bits per heavy atom. The monoisotopic (exact) mass is 674 g/mol. The highest BCUT2D eigenvalue weighted by Gasteiger charge is 2.32. The minimum Gasteiger partial charge on any atom is -0.606 e. The van der Waals surface area contributed by atoms with Gasteiger partial charge in [0.1, 0.15) is 23.0 Å². The van der Waals surface area contributed by atoms with Crippen LogP contribution in [0.3, 0.4) is 0 Å². The van der Waals surface area contributed by atoms with Crippen LogP contribution in [0.1, 0.15) is 20.7 Å². The summed E-state index contributed by atoms with van der Waals surface area (Å²) >= 11 is 32.4. The van der Waals surface area contributed by atoms with Gasteiger partial charge in [-0.05, 0) is 97.1 Å². The highest BCUT2D eigenvalue weighted by atomic mass is 35.6. The molecule has 0 aliphatic carbocycles. The molecule has 0 bridgehead atoms. The van der Waals surface area contributed by atoms with Crippen molar-refractivity contribution in [2.45, 2.75) is 17.4 Å². The summed E-state index contributed by atoms with van der Waals surface area (Å²) in [6.45, 7) is 0. The maximum Gasteiger partial charge on any atom is 0.253 e. The molecule has 0 unspecified atom stereocenters. The summed E-state index contributed by atoms with van der Waals surface area (Å²) in [5.41, 5.74) is 0.474. The van der Waals surface area contributed by atoms with E-state index in [0.717, 1.165) is 0 Å². The van der Waals surface area contributed by atoms with Gasteiger partial charge >= 0.3 is 0 Å². The first-order valence-corrected chi connectivity index (χ1v) is 14.6. The molecular weight excluding hydrogens is 661 g/mol. The summed E-state index contributed by atoms with van der Waals surface area (Å²) in [4.78, 5) is 25.2. The molecule has 0 amide bonds. The van der Waals surface area contributed by atoms with Crippen LogP contribution in [-0.4, -0.2) is 23.7 Å². The maximum absolute atomic E-state index is 13.1. The van der Waals surface area contributed by atoms with Gasteiger partial charge in [-0.2, -0.15) is 0 Å². The van der Waals surface area contributed by atoms with Crippen LogP contribution in [0.4, 0.5) is 0 Å². The summed E-state index contributed by atoms with van der Waals surface area (Å²) in [7, 11) is 0. The lowest BCUT2D eigenvalue weighted by Gasteiger charge is -2.13. The Hall–Kier alpha value is -2.13. The van der Waals surface area contributed by atoms with Gasteiger partial charge in [0.2, 0.25) is 11.6 Å². The quantitative estimate of drug-likeness (QED) is 0.106. The van der Waals surface area contributed by atoms with Crippen molar-refractivity contribution in [2.24, 2.45) is 0 Å². The third-order valence-corrected chi connectivity index (χ3v) is 7.73. The topological polar surface area (TPSA) is 75.7 Å². The van der Waals surface area contributed by atoms with E-state index in [1.165, 1.54) is 24.3 Å². The number of carbonyl (C=O) groups is 2. The first kappa shape index (κ1) is 30.8.